The summed E-state index contributed by atoms with van der Waals surface area (Å²) in [5.74, 6) is 0.326. The summed E-state index contributed by atoms with van der Waals surface area (Å²) in [5, 5.41) is 6.70. The van der Waals surface area contributed by atoms with Crippen LogP contribution in [0.5, 0.6) is 5.75 Å². The molecule has 0 aliphatic carbocycles. The Bertz CT molecular complexity index is 865. The van der Waals surface area contributed by atoms with Crippen molar-refractivity contribution < 1.29 is 19.1 Å². The van der Waals surface area contributed by atoms with Crippen molar-refractivity contribution in [2.75, 3.05) is 14.2 Å². The van der Waals surface area contributed by atoms with Crippen LogP contribution in [0.3, 0.4) is 0 Å². The summed E-state index contributed by atoms with van der Waals surface area (Å²) in [4.78, 5) is 36.7. The molecule has 4 amide bonds. The van der Waals surface area contributed by atoms with Crippen LogP contribution in [0.2, 0.25) is 0 Å². The number of rotatable bonds is 6. The Kier molecular flexibility index (Phi) is 5.06. The first kappa shape index (κ1) is 17.7. The maximum Gasteiger partial charge on any atom is 0.322 e. The minimum atomic E-state index is -0.637. The Morgan fingerprint density at radius 1 is 1.15 bits per heavy atom. The number of fused-ring (bicyclic) bond motifs is 1. The molecule has 3 rings (SSSR count). The smallest absolute Gasteiger partial charge is 0.322 e. The Labute approximate surface area is 151 Å². The lowest BCUT2D eigenvalue weighted by atomic mass is 10.0. The van der Waals surface area contributed by atoms with E-state index < -0.39 is 12.1 Å². The zero-order valence-electron chi connectivity index (χ0n) is 14.7. The Hall–Kier alpha value is -3.09. The second-order valence-electron chi connectivity index (χ2n) is 6.28. The Morgan fingerprint density at radius 3 is 2.54 bits per heavy atom. The number of carbonyl (C=O) groups is 3. The summed E-state index contributed by atoms with van der Waals surface area (Å²) >= 11 is 0. The van der Waals surface area contributed by atoms with Crippen molar-refractivity contribution >= 4 is 28.6 Å². The van der Waals surface area contributed by atoms with Gasteiger partial charge in [-0.2, -0.15) is 0 Å². The number of ether oxygens (including phenoxy) is 1. The third kappa shape index (κ3) is 3.61. The molecule has 2 aromatic rings. The van der Waals surface area contributed by atoms with Crippen molar-refractivity contribution in [3.05, 3.63) is 42.0 Å². The molecule has 1 aliphatic rings. The van der Waals surface area contributed by atoms with Gasteiger partial charge >= 0.3 is 6.03 Å². The molecule has 26 heavy (non-hydrogen) atoms. The van der Waals surface area contributed by atoms with Crippen LogP contribution in [0.1, 0.15) is 18.4 Å². The molecular formula is C19H21N3O4. The van der Waals surface area contributed by atoms with E-state index in [1.54, 1.807) is 19.1 Å². The van der Waals surface area contributed by atoms with Gasteiger partial charge in [0, 0.05) is 25.4 Å². The van der Waals surface area contributed by atoms with Gasteiger partial charge in [0.1, 0.15) is 11.8 Å². The maximum atomic E-state index is 12.4. The average Bonchev–Trinajstić information content (AvgIpc) is 2.97. The number of amides is 4. The summed E-state index contributed by atoms with van der Waals surface area (Å²) in [7, 11) is 3.36. The topological polar surface area (TPSA) is 87.7 Å². The molecule has 1 fully saturated rings. The molecule has 2 aromatic carbocycles. The van der Waals surface area contributed by atoms with Gasteiger partial charge in [0.2, 0.25) is 5.91 Å². The van der Waals surface area contributed by atoms with Crippen LogP contribution < -0.4 is 15.4 Å². The molecule has 0 unspecified atom stereocenters. The van der Waals surface area contributed by atoms with E-state index in [0.29, 0.717) is 6.54 Å². The molecule has 1 heterocycles. The van der Waals surface area contributed by atoms with E-state index in [9.17, 15) is 14.4 Å². The highest BCUT2D eigenvalue weighted by atomic mass is 16.5. The summed E-state index contributed by atoms with van der Waals surface area (Å²) in [6, 6.07) is 10.6. The van der Waals surface area contributed by atoms with Crippen molar-refractivity contribution in [2.24, 2.45) is 0 Å². The van der Waals surface area contributed by atoms with Gasteiger partial charge in [-0.05, 0) is 23.4 Å². The summed E-state index contributed by atoms with van der Waals surface area (Å²) in [6.45, 7) is 0.451. The molecule has 136 valence electrons. The van der Waals surface area contributed by atoms with E-state index in [-0.39, 0.29) is 24.7 Å². The fourth-order valence-electron chi connectivity index (χ4n) is 3.11. The number of hydrogen-bond acceptors (Lipinski definition) is 4. The van der Waals surface area contributed by atoms with E-state index in [2.05, 4.69) is 10.6 Å². The molecule has 0 radical (unpaired) electrons. The van der Waals surface area contributed by atoms with Gasteiger partial charge in [0.15, 0.2) is 0 Å². The lowest BCUT2D eigenvalue weighted by Crippen LogP contribution is -2.32. The van der Waals surface area contributed by atoms with Crippen LogP contribution in [0.15, 0.2) is 36.4 Å². The molecule has 7 heteroatoms. The van der Waals surface area contributed by atoms with E-state index in [1.165, 1.54) is 0 Å². The molecule has 1 atom stereocenters. The quantitative estimate of drug-likeness (QED) is 0.774. The van der Waals surface area contributed by atoms with E-state index in [4.69, 9.17) is 4.74 Å². The molecule has 2 N–H and O–H groups in total. The van der Waals surface area contributed by atoms with E-state index in [0.717, 1.165) is 22.1 Å². The van der Waals surface area contributed by atoms with Gasteiger partial charge in [0.25, 0.3) is 5.91 Å². The largest absolute Gasteiger partial charge is 0.496 e. The highest BCUT2D eigenvalue weighted by Crippen LogP contribution is 2.29. The molecule has 0 saturated carbocycles. The standard InChI is InChI=1S/C19H21N3O4/c1-22(17(23)10-8-15-18(24)21-19(25)20-15)11-12-7-9-16(26-2)14-6-4-3-5-13(12)14/h3-7,9,15H,8,10-11H2,1-2H3,(H2,20,21,24,25)/t15-/m0/s1. The highest BCUT2D eigenvalue weighted by molar-refractivity contribution is 6.04. The first-order valence-corrected chi connectivity index (χ1v) is 8.39. The molecule has 0 spiro atoms. The van der Waals surface area contributed by atoms with Gasteiger partial charge in [-0.15, -0.1) is 0 Å². The molecule has 1 saturated heterocycles. The van der Waals surface area contributed by atoms with E-state index >= 15 is 0 Å². The summed E-state index contributed by atoms with van der Waals surface area (Å²) in [6.07, 6.45) is 0.465. The fourth-order valence-corrected chi connectivity index (χ4v) is 3.11. The Morgan fingerprint density at radius 2 is 1.88 bits per heavy atom. The van der Waals surface area contributed by atoms with Gasteiger partial charge in [-0.3, -0.25) is 14.9 Å². The average molecular weight is 355 g/mol. The maximum absolute atomic E-state index is 12.4. The van der Waals surface area contributed by atoms with Crippen molar-refractivity contribution in [2.45, 2.75) is 25.4 Å². The number of nitrogens with zero attached hydrogens (tertiary/aromatic N) is 1. The lowest BCUT2D eigenvalue weighted by molar-refractivity contribution is -0.130. The van der Waals surface area contributed by atoms with Crippen molar-refractivity contribution in [1.29, 1.82) is 0 Å². The number of imide groups is 1. The molecule has 0 bridgehead atoms. The number of methoxy groups -OCH3 is 1. The molecule has 0 aromatic heterocycles. The molecular weight excluding hydrogens is 334 g/mol. The van der Waals surface area contributed by atoms with Crippen molar-refractivity contribution in [3.8, 4) is 5.75 Å². The number of nitrogens with one attached hydrogen (secondary N) is 2. The predicted molar refractivity (Wildman–Crippen MR) is 96.7 cm³/mol. The second-order valence-corrected chi connectivity index (χ2v) is 6.28. The molecule has 7 nitrogen and oxygen atoms in total. The van der Waals surface area contributed by atoms with Gasteiger partial charge in [-0.1, -0.05) is 30.3 Å². The predicted octanol–water partition coefficient (Wildman–Crippen LogP) is 1.79. The number of benzene rings is 2. The number of urea groups is 1. The van der Waals surface area contributed by atoms with Crippen LogP contribution in [0.4, 0.5) is 4.79 Å². The zero-order chi connectivity index (χ0) is 18.7. The van der Waals surface area contributed by atoms with Crippen LogP contribution in [0.25, 0.3) is 10.8 Å². The van der Waals surface area contributed by atoms with Crippen LogP contribution >= 0.6 is 0 Å². The lowest BCUT2D eigenvalue weighted by Gasteiger charge is -2.19. The number of hydrogen-bond donors (Lipinski definition) is 2. The SMILES string of the molecule is COc1ccc(CN(C)C(=O)CC[C@@H]2NC(=O)NC2=O)c2ccccc12. The first-order valence-electron chi connectivity index (χ1n) is 8.39. The third-order valence-corrected chi connectivity index (χ3v) is 4.53. The number of carbonyl (C=O) groups excluding carboxylic acids is 3. The van der Waals surface area contributed by atoms with Crippen LogP contribution in [-0.2, 0) is 16.1 Å². The Balaban J connectivity index is 1.67. The van der Waals surface area contributed by atoms with Gasteiger partial charge in [-0.25, -0.2) is 4.79 Å². The van der Waals surface area contributed by atoms with Crippen molar-refractivity contribution in [1.82, 2.24) is 15.5 Å². The summed E-state index contributed by atoms with van der Waals surface area (Å²) < 4.78 is 5.40. The normalized spacial score (nSPS) is 16.3. The fraction of sp³-hybridized carbons (Fsp3) is 0.316. The zero-order valence-corrected chi connectivity index (χ0v) is 14.7. The van der Waals surface area contributed by atoms with Crippen LogP contribution in [0, 0.1) is 0 Å². The van der Waals surface area contributed by atoms with Crippen molar-refractivity contribution in [3.63, 3.8) is 0 Å². The minimum Gasteiger partial charge on any atom is -0.496 e. The third-order valence-electron chi connectivity index (χ3n) is 4.53. The monoisotopic (exact) mass is 355 g/mol. The molecule has 1 aliphatic heterocycles. The van der Waals surface area contributed by atoms with Crippen LogP contribution in [-0.4, -0.2) is 42.9 Å². The van der Waals surface area contributed by atoms with E-state index in [1.807, 2.05) is 36.4 Å². The minimum absolute atomic E-state index is 0.0844. The van der Waals surface area contributed by atoms with Gasteiger partial charge in [0.05, 0.1) is 7.11 Å². The first-order chi connectivity index (χ1) is 12.5. The summed E-state index contributed by atoms with van der Waals surface area (Å²) in [5.41, 5.74) is 1.02. The highest BCUT2D eigenvalue weighted by Gasteiger charge is 2.29. The van der Waals surface area contributed by atoms with Gasteiger partial charge < -0.3 is 15.0 Å². The second kappa shape index (κ2) is 7.43.